The molecule has 1 rings (SSSR count). The zero-order chi connectivity index (χ0) is 16.6. The highest BCUT2D eigenvalue weighted by molar-refractivity contribution is 14.0. The molecule has 0 aromatic rings. The van der Waals surface area contributed by atoms with E-state index in [1.54, 1.807) is 14.2 Å². The van der Waals surface area contributed by atoms with Crippen LogP contribution in [-0.2, 0) is 18.9 Å². The lowest BCUT2D eigenvalue weighted by Gasteiger charge is -2.13. The molecule has 0 spiro atoms. The van der Waals surface area contributed by atoms with Crippen LogP contribution in [0.1, 0.15) is 25.7 Å². The molecule has 1 fully saturated rings. The fourth-order valence-electron chi connectivity index (χ4n) is 2.22. The molecule has 0 amide bonds. The van der Waals surface area contributed by atoms with Crippen LogP contribution in [0.5, 0.6) is 0 Å². The molecule has 7 nitrogen and oxygen atoms in total. The first-order chi connectivity index (χ1) is 11.4. The van der Waals surface area contributed by atoms with Gasteiger partial charge in [0.25, 0.3) is 0 Å². The van der Waals surface area contributed by atoms with Gasteiger partial charge in [-0.15, -0.1) is 24.0 Å². The summed E-state index contributed by atoms with van der Waals surface area (Å²) < 4.78 is 21.5. The summed E-state index contributed by atoms with van der Waals surface area (Å²) in [5, 5.41) is 6.54. The number of aliphatic imine (C=N–C) groups is 1. The van der Waals surface area contributed by atoms with Gasteiger partial charge in [0.05, 0.1) is 25.9 Å². The second kappa shape index (κ2) is 17.7. The summed E-state index contributed by atoms with van der Waals surface area (Å²) >= 11 is 0. The van der Waals surface area contributed by atoms with E-state index in [1.165, 1.54) is 0 Å². The minimum absolute atomic E-state index is 0. The summed E-state index contributed by atoms with van der Waals surface area (Å²) in [6, 6.07) is 0. The Morgan fingerprint density at radius 2 is 1.79 bits per heavy atom. The Labute approximate surface area is 163 Å². The van der Waals surface area contributed by atoms with Gasteiger partial charge in [0.1, 0.15) is 0 Å². The molecule has 0 aromatic heterocycles. The van der Waals surface area contributed by atoms with Crippen molar-refractivity contribution in [3.63, 3.8) is 0 Å². The standard InChI is InChI=1S/C16H33N3O4.HI/c1-17-16(18-7-4-9-21-13-12-20-2)19-8-5-10-22-14-15-6-3-11-23-15;/h15H,3-14H2,1-2H3,(H2,17,18,19);1H. The van der Waals surface area contributed by atoms with E-state index in [0.29, 0.717) is 19.3 Å². The predicted octanol–water partition coefficient (Wildman–Crippen LogP) is 1.41. The highest BCUT2D eigenvalue weighted by Gasteiger charge is 2.14. The zero-order valence-corrected chi connectivity index (χ0v) is 17.4. The first-order valence-electron chi connectivity index (χ1n) is 8.57. The lowest BCUT2D eigenvalue weighted by Crippen LogP contribution is -2.38. The molecule has 1 saturated heterocycles. The number of methoxy groups -OCH3 is 1. The molecule has 144 valence electrons. The quantitative estimate of drug-likeness (QED) is 0.188. The fourth-order valence-corrected chi connectivity index (χ4v) is 2.22. The van der Waals surface area contributed by atoms with Crippen LogP contribution in [0.3, 0.4) is 0 Å². The number of guanidine groups is 1. The predicted molar refractivity (Wildman–Crippen MR) is 107 cm³/mol. The van der Waals surface area contributed by atoms with E-state index in [-0.39, 0.29) is 24.0 Å². The normalized spacial score (nSPS) is 17.6. The largest absolute Gasteiger partial charge is 0.382 e. The lowest BCUT2D eigenvalue weighted by molar-refractivity contribution is 0.0168. The van der Waals surface area contributed by atoms with Gasteiger partial charge in [-0.3, -0.25) is 4.99 Å². The topological polar surface area (TPSA) is 73.3 Å². The summed E-state index contributed by atoms with van der Waals surface area (Å²) in [7, 11) is 3.45. The average molecular weight is 459 g/mol. The molecule has 0 saturated carbocycles. The molecule has 1 heterocycles. The van der Waals surface area contributed by atoms with E-state index >= 15 is 0 Å². The highest BCUT2D eigenvalue weighted by atomic mass is 127. The lowest BCUT2D eigenvalue weighted by atomic mass is 10.2. The molecule has 0 aromatic carbocycles. The van der Waals surface area contributed by atoms with Crippen molar-refractivity contribution in [1.82, 2.24) is 10.6 Å². The van der Waals surface area contributed by atoms with Crippen molar-refractivity contribution < 1.29 is 18.9 Å². The molecule has 1 atom stereocenters. The minimum Gasteiger partial charge on any atom is -0.382 e. The van der Waals surface area contributed by atoms with Crippen LogP contribution < -0.4 is 10.6 Å². The number of nitrogens with one attached hydrogen (secondary N) is 2. The Bertz CT molecular complexity index is 303. The molecule has 0 bridgehead atoms. The van der Waals surface area contributed by atoms with Gasteiger partial charge >= 0.3 is 0 Å². The molecule has 1 aliphatic heterocycles. The molecule has 8 heteroatoms. The van der Waals surface area contributed by atoms with Crippen molar-refractivity contribution in [2.45, 2.75) is 31.8 Å². The van der Waals surface area contributed by atoms with Crippen LogP contribution in [0.4, 0.5) is 0 Å². The van der Waals surface area contributed by atoms with Crippen molar-refractivity contribution in [3.05, 3.63) is 0 Å². The van der Waals surface area contributed by atoms with Gasteiger partial charge in [0.15, 0.2) is 5.96 Å². The Balaban J connectivity index is 0.00000529. The molecule has 1 aliphatic rings. The van der Waals surface area contributed by atoms with Crippen molar-refractivity contribution in [2.24, 2.45) is 4.99 Å². The maximum atomic E-state index is 5.63. The average Bonchev–Trinajstić information content (AvgIpc) is 3.08. The Hall–Kier alpha value is -0.160. The summed E-state index contributed by atoms with van der Waals surface area (Å²) in [4.78, 5) is 4.19. The monoisotopic (exact) mass is 459 g/mol. The van der Waals surface area contributed by atoms with E-state index in [0.717, 1.165) is 71.2 Å². The van der Waals surface area contributed by atoms with E-state index < -0.39 is 0 Å². The molecule has 24 heavy (non-hydrogen) atoms. The molecule has 0 radical (unpaired) electrons. The summed E-state index contributed by atoms with van der Waals surface area (Å²) in [6.45, 7) is 6.05. The molecule has 2 N–H and O–H groups in total. The van der Waals surface area contributed by atoms with Gasteiger partial charge in [-0.2, -0.15) is 0 Å². The van der Waals surface area contributed by atoms with Crippen LogP contribution in [0.25, 0.3) is 0 Å². The second-order valence-corrected chi connectivity index (χ2v) is 5.45. The van der Waals surface area contributed by atoms with Crippen LogP contribution in [0, 0.1) is 0 Å². The van der Waals surface area contributed by atoms with Gasteiger partial charge in [0.2, 0.25) is 0 Å². The van der Waals surface area contributed by atoms with Gasteiger partial charge in [0, 0.05) is 47.1 Å². The summed E-state index contributed by atoms with van der Waals surface area (Å²) in [6.07, 6.45) is 4.49. The van der Waals surface area contributed by atoms with Crippen molar-refractivity contribution in [3.8, 4) is 0 Å². The van der Waals surface area contributed by atoms with Gasteiger partial charge < -0.3 is 29.6 Å². The molecule has 0 aliphatic carbocycles. The second-order valence-electron chi connectivity index (χ2n) is 5.45. The van der Waals surface area contributed by atoms with Crippen molar-refractivity contribution in [2.75, 3.05) is 66.9 Å². The van der Waals surface area contributed by atoms with Crippen molar-refractivity contribution >= 4 is 29.9 Å². The van der Waals surface area contributed by atoms with E-state index in [2.05, 4.69) is 15.6 Å². The van der Waals surface area contributed by atoms with Crippen LogP contribution in [0.15, 0.2) is 4.99 Å². The minimum atomic E-state index is 0. The Kier molecular flexibility index (Phi) is 17.5. The van der Waals surface area contributed by atoms with E-state index in [9.17, 15) is 0 Å². The van der Waals surface area contributed by atoms with E-state index in [4.69, 9.17) is 18.9 Å². The van der Waals surface area contributed by atoms with Crippen LogP contribution >= 0.6 is 24.0 Å². The summed E-state index contributed by atoms with van der Waals surface area (Å²) in [5.41, 5.74) is 0. The first kappa shape index (κ1) is 23.8. The molecular weight excluding hydrogens is 425 g/mol. The maximum Gasteiger partial charge on any atom is 0.190 e. The van der Waals surface area contributed by atoms with Gasteiger partial charge in [-0.25, -0.2) is 0 Å². The Morgan fingerprint density at radius 3 is 2.38 bits per heavy atom. The third kappa shape index (κ3) is 13.2. The Morgan fingerprint density at radius 1 is 1.08 bits per heavy atom. The maximum absolute atomic E-state index is 5.63. The number of ether oxygens (including phenoxy) is 4. The smallest absolute Gasteiger partial charge is 0.190 e. The SMILES string of the molecule is CN=C(NCCCOCCOC)NCCCOCC1CCCO1.I. The number of rotatable bonds is 13. The van der Waals surface area contributed by atoms with E-state index in [1.807, 2.05) is 0 Å². The van der Waals surface area contributed by atoms with Crippen LogP contribution in [-0.4, -0.2) is 79.0 Å². The van der Waals surface area contributed by atoms with Crippen LogP contribution in [0.2, 0.25) is 0 Å². The van der Waals surface area contributed by atoms with Crippen molar-refractivity contribution in [1.29, 1.82) is 0 Å². The first-order valence-corrected chi connectivity index (χ1v) is 8.57. The number of nitrogens with zero attached hydrogens (tertiary/aromatic N) is 1. The zero-order valence-electron chi connectivity index (χ0n) is 15.1. The molecular formula is C16H34IN3O4. The highest BCUT2D eigenvalue weighted by Crippen LogP contribution is 2.11. The van der Waals surface area contributed by atoms with Gasteiger partial charge in [-0.1, -0.05) is 0 Å². The third-order valence-corrected chi connectivity index (χ3v) is 3.50. The number of halogens is 1. The third-order valence-electron chi connectivity index (χ3n) is 3.50. The number of hydrogen-bond acceptors (Lipinski definition) is 5. The molecule has 1 unspecified atom stereocenters. The van der Waals surface area contributed by atoms with Gasteiger partial charge in [-0.05, 0) is 25.7 Å². The fraction of sp³-hybridized carbons (Fsp3) is 0.938. The summed E-state index contributed by atoms with van der Waals surface area (Å²) in [5.74, 6) is 0.820. The number of hydrogen-bond donors (Lipinski definition) is 2.